The van der Waals surface area contributed by atoms with Gasteiger partial charge in [-0.3, -0.25) is 0 Å². The fraction of sp³-hybridized carbons (Fsp3) is 0.600. The first-order valence-corrected chi connectivity index (χ1v) is 9.12. The Morgan fingerprint density at radius 3 is 2.52 bits per heavy atom. The van der Waals surface area contributed by atoms with Gasteiger partial charge in [0.05, 0.1) is 11.4 Å². The minimum Gasteiger partial charge on any atom is -0.490 e. The molecule has 1 aromatic carbocycles. The summed E-state index contributed by atoms with van der Waals surface area (Å²) >= 11 is 0. The number of rotatable bonds is 5. The Kier molecular flexibility index (Phi) is 4.08. The van der Waals surface area contributed by atoms with Gasteiger partial charge in [-0.2, -0.15) is 0 Å². The van der Waals surface area contributed by atoms with Gasteiger partial charge < -0.3 is 10.5 Å². The second kappa shape index (κ2) is 5.85. The molecular weight excluding hydrogens is 288 g/mol. The molecule has 1 aromatic rings. The maximum absolute atomic E-state index is 12.4. The third-order valence-electron chi connectivity index (χ3n) is 4.60. The van der Waals surface area contributed by atoms with Crippen LogP contribution in [0.2, 0.25) is 0 Å². The zero-order chi connectivity index (χ0) is 14.9. The number of nitrogens with zero attached hydrogens (tertiary/aromatic N) is 1. The third-order valence-corrected chi connectivity index (χ3v) is 6.37. The predicted octanol–water partition coefficient (Wildman–Crippen LogP) is 1.71. The van der Waals surface area contributed by atoms with Crippen molar-refractivity contribution in [2.24, 2.45) is 11.8 Å². The quantitative estimate of drug-likeness (QED) is 0.840. The molecule has 1 saturated carbocycles. The number of anilines is 1. The van der Waals surface area contributed by atoms with E-state index in [0.717, 1.165) is 0 Å². The number of benzene rings is 1. The van der Waals surface area contributed by atoms with Crippen molar-refractivity contribution >= 4 is 15.7 Å². The van der Waals surface area contributed by atoms with Crippen LogP contribution >= 0.6 is 0 Å². The molecule has 2 N–H and O–H groups in total. The van der Waals surface area contributed by atoms with Crippen LogP contribution in [0.3, 0.4) is 0 Å². The monoisotopic (exact) mass is 310 g/mol. The van der Waals surface area contributed by atoms with E-state index < -0.39 is 10.0 Å². The molecule has 0 radical (unpaired) electrons. The first-order chi connectivity index (χ1) is 10.1. The van der Waals surface area contributed by atoms with E-state index >= 15 is 0 Å². The van der Waals surface area contributed by atoms with Crippen LogP contribution in [0.25, 0.3) is 0 Å². The van der Waals surface area contributed by atoms with Crippen molar-refractivity contribution in [1.29, 1.82) is 0 Å². The van der Waals surface area contributed by atoms with E-state index in [9.17, 15) is 8.42 Å². The fourth-order valence-corrected chi connectivity index (χ4v) is 4.81. The van der Waals surface area contributed by atoms with E-state index in [1.807, 2.05) is 12.1 Å². The molecule has 1 aliphatic carbocycles. The number of nitrogens with two attached hydrogens (primary N) is 1. The van der Waals surface area contributed by atoms with Crippen LogP contribution in [0.4, 0.5) is 5.69 Å². The number of sulfonamides is 1. The number of fused-ring (bicyclic) bond motifs is 1. The molecule has 1 heterocycles. The third kappa shape index (κ3) is 3.16. The average Bonchev–Trinajstić information content (AvgIpc) is 3.02. The summed E-state index contributed by atoms with van der Waals surface area (Å²) in [6, 6.07) is 7.14. The van der Waals surface area contributed by atoms with Crippen molar-refractivity contribution < 1.29 is 13.2 Å². The van der Waals surface area contributed by atoms with Gasteiger partial charge in [0.25, 0.3) is 0 Å². The molecule has 0 amide bonds. The Balaban J connectivity index is 1.54. The van der Waals surface area contributed by atoms with Crippen LogP contribution in [-0.2, 0) is 10.0 Å². The topological polar surface area (TPSA) is 72.6 Å². The smallest absolute Gasteiger partial charge is 0.217 e. The Hall–Kier alpha value is -1.27. The number of ether oxygens (including phenoxy) is 1. The van der Waals surface area contributed by atoms with Gasteiger partial charge in [-0.1, -0.05) is 18.6 Å². The molecule has 0 bridgehead atoms. The van der Waals surface area contributed by atoms with E-state index in [4.69, 9.17) is 10.5 Å². The van der Waals surface area contributed by atoms with Crippen LogP contribution in [0.15, 0.2) is 24.3 Å². The van der Waals surface area contributed by atoms with Crippen molar-refractivity contribution in [3.63, 3.8) is 0 Å². The lowest BCUT2D eigenvalue weighted by Gasteiger charge is -2.17. The second-order valence-electron chi connectivity index (χ2n) is 5.97. The molecule has 6 heteroatoms. The Labute approximate surface area is 126 Å². The van der Waals surface area contributed by atoms with E-state index in [2.05, 4.69) is 0 Å². The molecule has 1 aliphatic heterocycles. The summed E-state index contributed by atoms with van der Waals surface area (Å²) in [7, 11) is -3.22. The van der Waals surface area contributed by atoms with E-state index in [1.165, 1.54) is 19.3 Å². The zero-order valence-electron chi connectivity index (χ0n) is 12.1. The van der Waals surface area contributed by atoms with Crippen molar-refractivity contribution in [3.05, 3.63) is 24.3 Å². The van der Waals surface area contributed by atoms with Crippen LogP contribution in [-0.4, -0.2) is 38.2 Å². The summed E-state index contributed by atoms with van der Waals surface area (Å²) in [5, 5.41) is 0. The highest BCUT2D eigenvalue weighted by molar-refractivity contribution is 7.89. The van der Waals surface area contributed by atoms with E-state index in [0.29, 0.717) is 36.4 Å². The van der Waals surface area contributed by atoms with Crippen LogP contribution in [0.1, 0.15) is 19.3 Å². The molecule has 3 rings (SSSR count). The molecule has 2 aliphatic rings. The van der Waals surface area contributed by atoms with Crippen molar-refractivity contribution in [2.75, 3.05) is 31.2 Å². The lowest BCUT2D eigenvalue weighted by atomic mass is 10.0. The highest BCUT2D eigenvalue weighted by Gasteiger charge is 2.40. The minimum absolute atomic E-state index is 0.0147. The molecule has 0 spiro atoms. The zero-order valence-corrected chi connectivity index (χ0v) is 12.9. The van der Waals surface area contributed by atoms with E-state index in [-0.39, 0.29) is 12.4 Å². The second-order valence-corrected chi connectivity index (χ2v) is 8.06. The molecule has 1 saturated heterocycles. The Morgan fingerprint density at radius 1 is 1.19 bits per heavy atom. The van der Waals surface area contributed by atoms with Gasteiger partial charge in [0.1, 0.15) is 12.4 Å². The maximum Gasteiger partial charge on any atom is 0.217 e. The number of hydrogen-bond acceptors (Lipinski definition) is 4. The van der Waals surface area contributed by atoms with Crippen molar-refractivity contribution in [1.82, 2.24) is 4.31 Å². The van der Waals surface area contributed by atoms with Gasteiger partial charge in [0, 0.05) is 13.1 Å². The summed E-state index contributed by atoms with van der Waals surface area (Å²) < 4.78 is 31.9. The Bertz CT molecular complexity index is 591. The summed E-state index contributed by atoms with van der Waals surface area (Å²) in [5.74, 6) is 1.71. The molecule has 5 nitrogen and oxygen atoms in total. The summed E-state index contributed by atoms with van der Waals surface area (Å²) in [5.41, 5.74) is 6.30. The molecule has 2 unspecified atom stereocenters. The van der Waals surface area contributed by atoms with Gasteiger partial charge >= 0.3 is 0 Å². The minimum atomic E-state index is -3.22. The Morgan fingerprint density at radius 2 is 1.86 bits per heavy atom. The van der Waals surface area contributed by atoms with Crippen LogP contribution < -0.4 is 10.5 Å². The number of nitrogen functional groups attached to an aromatic ring is 1. The molecular formula is C15H22N2O3S. The molecule has 2 atom stereocenters. The number of para-hydroxylation sites is 2. The van der Waals surface area contributed by atoms with E-state index in [1.54, 1.807) is 16.4 Å². The van der Waals surface area contributed by atoms with Crippen LogP contribution in [0, 0.1) is 11.8 Å². The van der Waals surface area contributed by atoms with Gasteiger partial charge in [-0.05, 0) is 36.8 Å². The molecule has 116 valence electrons. The first kappa shape index (κ1) is 14.7. The maximum atomic E-state index is 12.4. The predicted molar refractivity (Wildman–Crippen MR) is 82.5 cm³/mol. The SMILES string of the molecule is Nc1ccccc1OCCS(=O)(=O)N1CC2CCCC2C1. The lowest BCUT2D eigenvalue weighted by Crippen LogP contribution is -2.33. The lowest BCUT2D eigenvalue weighted by molar-refractivity contribution is 0.337. The van der Waals surface area contributed by atoms with Gasteiger partial charge in [-0.15, -0.1) is 0 Å². The van der Waals surface area contributed by atoms with Crippen molar-refractivity contribution in [3.8, 4) is 5.75 Å². The van der Waals surface area contributed by atoms with Crippen molar-refractivity contribution in [2.45, 2.75) is 19.3 Å². The molecule has 2 fully saturated rings. The fourth-order valence-electron chi connectivity index (χ4n) is 3.42. The normalized spacial score (nSPS) is 25.9. The summed E-state index contributed by atoms with van der Waals surface area (Å²) in [4.78, 5) is 0. The first-order valence-electron chi connectivity index (χ1n) is 7.51. The highest BCUT2D eigenvalue weighted by Crippen LogP contribution is 2.38. The summed E-state index contributed by atoms with van der Waals surface area (Å²) in [6.07, 6.45) is 3.60. The highest BCUT2D eigenvalue weighted by atomic mass is 32.2. The van der Waals surface area contributed by atoms with Gasteiger partial charge in [0.15, 0.2) is 0 Å². The van der Waals surface area contributed by atoms with Crippen LogP contribution in [0.5, 0.6) is 5.75 Å². The van der Waals surface area contributed by atoms with Gasteiger partial charge in [0.2, 0.25) is 10.0 Å². The molecule has 21 heavy (non-hydrogen) atoms. The number of hydrogen-bond donors (Lipinski definition) is 1. The van der Waals surface area contributed by atoms with Gasteiger partial charge in [-0.25, -0.2) is 12.7 Å². The standard InChI is InChI=1S/C15H22N2O3S/c16-14-6-1-2-7-15(14)20-8-9-21(18,19)17-10-12-4-3-5-13(12)11-17/h1-2,6-7,12-13H,3-5,8-11,16H2. The summed E-state index contributed by atoms with van der Waals surface area (Å²) in [6.45, 7) is 1.53. The average molecular weight is 310 g/mol. The largest absolute Gasteiger partial charge is 0.490 e. The molecule has 0 aromatic heterocycles.